The first kappa shape index (κ1) is 116. The van der Waals surface area contributed by atoms with E-state index in [9.17, 15) is 9.59 Å². The van der Waals surface area contributed by atoms with Gasteiger partial charge in [-0.1, -0.05) is 225 Å². The van der Waals surface area contributed by atoms with Gasteiger partial charge in [0.05, 0.1) is 0 Å². The minimum atomic E-state index is -4.99. The molecule has 4 radical (unpaired) electrons. The van der Waals surface area contributed by atoms with Gasteiger partial charge in [0, 0.05) is 82.4 Å². The third-order valence-electron chi connectivity index (χ3n) is 17.4. The normalized spacial score (nSPS) is 14.7. The van der Waals surface area contributed by atoms with Gasteiger partial charge in [0.25, 0.3) is 0 Å². The van der Waals surface area contributed by atoms with Crippen LogP contribution in [0.1, 0.15) is 41.4 Å². The van der Waals surface area contributed by atoms with Crippen LogP contribution >= 0.6 is 23.8 Å². The van der Waals surface area contributed by atoms with Crippen molar-refractivity contribution in [2.75, 3.05) is 89.6 Å². The zero-order valence-electron chi connectivity index (χ0n) is 74.0. The van der Waals surface area contributed by atoms with Gasteiger partial charge in [-0.25, -0.2) is 0 Å². The maximum atomic E-state index is 12.4. The van der Waals surface area contributed by atoms with Gasteiger partial charge >= 0.3 is 92.8 Å². The number of benzene rings is 6. The summed E-state index contributed by atoms with van der Waals surface area (Å²) in [6, 6.07) is 89.2. The van der Waals surface area contributed by atoms with Crippen LogP contribution in [0.5, 0.6) is 0 Å². The summed E-state index contributed by atoms with van der Waals surface area (Å²) in [6.07, 6.45) is 10.9. The molecule has 0 aliphatic rings. The predicted octanol–water partition coefficient (Wildman–Crippen LogP) is 11.2. The van der Waals surface area contributed by atoms with Crippen molar-refractivity contribution in [1.29, 1.82) is 4.35 Å². The molecule has 4 unspecified atom stereocenters. The number of nitrogens with one attached hydrogen (secondary N) is 1. The van der Waals surface area contributed by atoms with E-state index in [1.165, 1.54) is 95.8 Å². The standard InChI is InChI=1S/C45H70O13P2Si8.C15H36O13Si8.C15H15P.Al.B.HN.2H2/c1-47-65(46,56-67(51-5,52-61-6)54-63(8,9)40-28-16-26-38-59(42-30-18-12-19-31-42)43-32-20-13-21-33-43)57-68(53-62-7,58-66(48-2,49-3)50-4)55-64(10,11)41-29-17-27-39-60(44-34-22-14-23-35-44)45-36-24-15-25-37-45;1-14-31(10,11)24-35(21-7,22-29-8)26-33(16,17-3)27-36(23-30-9,25-32(12,13)15-2)28-34(18-4,19-5)20-6;1-2-13-16(14-9-5-3-6-10-14)15-11-7-4-8-12-15;;;;;/h6-7,12-15,18-25,30-37,46H,16-17,26-29,38-41H2,1-5,8-11H3;8-9,14-16H,1-2H2,3-7,10-13H3;2-12H,1,13H2;;;3*1H/t65-,67?,68?;33-,35?,36?;;;;;;/m00....../s1. The Labute approximate surface area is 770 Å². The van der Waals surface area contributed by atoms with E-state index in [1.807, 2.05) is 32.3 Å². The van der Waals surface area contributed by atoms with Crippen LogP contribution in [0.3, 0.4) is 0 Å². The fourth-order valence-corrected chi connectivity index (χ4v) is 59.4. The SMILES string of the molecule is C#[Si]O[Si](OC)(O[Si](C)(C)C=C)O[Si@](O)(OC)O[Si](O[Si]#C)(O[Si](C)(C)C=C)O[Si](OC)(OC)OC.C#[Si]O[Si](OC)(O[Si](C)(C)CCCCCP(c1ccccc1)c1ccccc1)O[Si@](O)(OC)O[Si](O[Si]#C)(O[Si](C)(C)CCCCCP(c1ccccc1)c1ccccc1)O[Si](OC)(OC)OC.C=CCP(c1ccccc1)c1ccccc1.[B].[HH].[HH].[NH]=[Al]. The summed E-state index contributed by atoms with van der Waals surface area (Å²) in [7, 11) is -37.4. The molecule has 0 bridgehead atoms. The van der Waals surface area contributed by atoms with E-state index in [-0.39, 0.29) is 19.2 Å². The van der Waals surface area contributed by atoms with E-state index in [0.29, 0.717) is 6.04 Å². The summed E-state index contributed by atoms with van der Waals surface area (Å²) < 4.78 is 147. The molecule has 6 atom stereocenters. The van der Waals surface area contributed by atoms with Crippen LogP contribution in [-0.4, -0.2) is 266 Å². The second-order valence-electron chi connectivity index (χ2n) is 28.0. The number of rotatable bonds is 56. The van der Waals surface area contributed by atoms with Crippen LogP contribution in [0.4, 0.5) is 0 Å². The van der Waals surface area contributed by atoms with Gasteiger partial charge in [-0.2, -0.15) is 0 Å². The monoisotopic (exact) mass is 2040 g/mol. The zero-order valence-corrected chi connectivity index (χ0v) is 93.8. The first-order valence-electron chi connectivity index (χ1n) is 38.4. The van der Waals surface area contributed by atoms with Gasteiger partial charge in [-0.05, 0) is 151 Å². The van der Waals surface area contributed by atoms with Gasteiger partial charge in [0.15, 0.2) is 16.6 Å². The average molecular weight is 2040 g/mol. The van der Waals surface area contributed by atoms with E-state index < -0.39 is 158 Å². The molecule has 0 aliphatic carbocycles. The fraction of sp³-hybridized carbons (Fsp3) is 0.387. The molecule has 48 heteroatoms. The van der Waals surface area contributed by atoms with Crippen molar-refractivity contribution in [1.82, 2.24) is 0 Å². The van der Waals surface area contributed by atoms with Crippen LogP contribution in [-0.2, 0) is 102 Å². The van der Waals surface area contributed by atoms with Gasteiger partial charge in [-0.15, -0.1) is 43.7 Å². The van der Waals surface area contributed by atoms with Crippen LogP contribution in [0.25, 0.3) is 0 Å². The van der Waals surface area contributed by atoms with Crippen molar-refractivity contribution in [2.24, 2.45) is 0 Å². The molecule has 6 rings (SSSR count). The molecular weight excluding hydrogens is 1910 g/mol. The first-order chi connectivity index (χ1) is 58.1. The Morgan fingerprint density at radius 3 is 0.797 bits per heavy atom. The van der Waals surface area contributed by atoms with E-state index in [4.69, 9.17) is 130 Å². The van der Waals surface area contributed by atoms with Gasteiger partial charge < -0.3 is 111 Å². The Kier molecular flexibility index (Phi) is 55.6. The van der Waals surface area contributed by atoms with E-state index in [0.717, 1.165) is 70.2 Å². The molecule has 0 heterocycles. The van der Waals surface area contributed by atoms with Gasteiger partial charge in [0.1, 0.15) is 0 Å². The van der Waals surface area contributed by atoms with Gasteiger partial charge in [0.2, 0.25) is 53.4 Å². The molecule has 672 valence electrons. The third-order valence-corrected chi connectivity index (χ3v) is 65.8. The Balaban J connectivity index is 0.00000224. The average Bonchev–Trinajstić information content (AvgIpc) is 0.772. The summed E-state index contributed by atoms with van der Waals surface area (Å²) in [4.78, 5) is 23.9. The first-order valence-corrected chi connectivity index (χ1v) is 72.8. The summed E-state index contributed by atoms with van der Waals surface area (Å²) in [5.74, 6) is 0. The predicted molar refractivity (Wildman–Crippen MR) is 527 cm³/mol. The number of allylic oxidation sites excluding steroid dienone is 1. The Bertz CT molecular complexity index is 4050. The molecule has 6 aromatic rings. The van der Waals surface area contributed by atoms with Crippen molar-refractivity contribution < 1.29 is 114 Å². The van der Waals surface area contributed by atoms with Crippen molar-refractivity contribution >= 4 is 223 Å². The summed E-state index contributed by atoms with van der Waals surface area (Å²) in [5, 5.41) is 8.28. The fourth-order valence-electron chi connectivity index (χ4n) is 11.3. The van der Waals surface area contributed by atoms with Crippen LogP contribution < -0.4 is 31.8 Å². The van der Waals surface area contributed by atoms with Crippen LogP contribution in [0.2, 0.25) is 64.5 Å². The molecule has 0 fully saturated rings. The van der Waals surface area contributed by atoms with Crippen molar-refractivity contribution in [2.45, 2.75) is 103 Å². The van der Waals surface area contributed by atoms with Crippen molar-refractivity contribution in [3.63, 3.8) is 0 Å². The summed E-state index contributed by atoms with van der Waals surface area (Å²) in [6.45, 7) is 26.7. The second kappa shape index (κ2) is 58.8. The zero-order chi connectivity index (χ0) is 91.1. The van der Waals surface area contributed by atoms with E-state index in [2.05, 4.69) is 202 Å². The van der Waals surface area contributed by atoms with E-state index >= 15 is 0 Å². The molecule has 0 aliphatic heterocycles. The Morgan fingerprint density at radius 1 is 0.325 bits per heavy atom. The molecule has 0 aromatic heterocycles. The summed E-state index contributed by atoms with van der Waals surface area (Å²) in [5.41, 5.74) is 3.20. The number of unbranched alkanes of at least 4 members (excludes halogenated alkanes) is 4. The van der Waals surface area contributed by atoms with Gasteiger partial charge in [-0.3, -0.25) is 0 Å². The quantitative estimate of drug-likeness (QED) is 0.0138. The molecule has 6 aromatic carbocycles. The van der Waals surface area contributed by atoms with E-state index in [1.54, 1.807) is 53.7 Å². The Morgan fingerprint density at radius 2 is 0.553 bits per heavy atom. The molecule has 0 amide bonds. The van der Waals surface area contributed by atoms with Crippen LogP contribution in [0, 0.1) is 28.3 Å². The topological polar surface area (TPSA) is 286 Å². The molecule has 27 nitrogen and oxygen atoms in total. The maximum absolute atomic E-state index is 12.4. The molecule has 0 spiro atoms. The van der Waals surface area contributed by atoms with Crippen molar-refractivity contribution in [3.8, 4) is 24.0 Å². The minimum absolute atomic E-state index is 0. The third kappa shape index (κ3) is 40.0. The molecule has 123 heavy (non-hydrogen) atoms. The molecular formula is C75H126AlBNO26P3Si16. The molecule has 0 saturated heterocycles. The Hall–Kier alpha value is -2.86. The number of hydrogen-bond donors (Lipinski definition) is 3. The van der Waals surface area contributed by atoms with Crippen molar-refractivity contribution in [3.05, 3.63) is 219 Å². The van der Waals surface area contributed by atoms with Crippen LogP contribution in [0.15, 0.2) is 219 Å². The second-order valence-corrected chi connectivity index (χ2v) is 74.7. The molecule has 0 saturated carbocycles. The number of hydrogen-bond acceptors (Lipinski definition) is 27. The summed E-state index contributed by atoms with van der Waals surface area (Å²) >= 11 is 1.67. The molecule has 3 N–H and O–H groups in total.